The zero-order valence-electron chi connectivity index (χ0n) is 9.96. The minimum Gasteiger partial charge on any atom is -0.391 e. The van der Waals surface area contributed by atoms with Crippen molar-refractivity contribution >= 4 is 0 Å². The molecule has 0 saturated heterocycles. The lowest BCUT2D eigenvalue weighted by Crippen LogP contribution is -2.25. The van der Waals surface area contributed by atoms with Gasteiger partial charge in [0.15, 0.2) is 0 Å². The molecule has 0 aromatic carbocycles. The molecule has 0 spiro atoms. The summed E-state index contributed by atoms with van der Waals surface area (Å²) >= 11 is 0. The third-order valence-corrected chi connectivity index (χ3v) is 2.52. The van der Waals surface area contributed by atoms with Crippen LogP contribution in [0.3, 0.4) is 0 Å². The Balaban J connectivity index is 3.25. The van der Waals surface area contributed by atoms with Crippen molar-refractivity contribution in [3.63, 3.8) is 0 Å². The second-order valence-corrected chi connectivity index (χ2v) is 3.97. The van der Waals surface area contributed by atoms with Crippen molar-refractivity contribution in [1.82, 2.24) is 0 Å². The number of aliphatic hydroxyl groups excluding tert-OH is 1. The average molecular weight is 202 g/mol. The first-order valence-corrected chi connectivity index (χ1v) is 6.02. The quantitative estimate of drug-likeness (QED) is 0.582. The van der Waals surface area contributed by atoms with Gasteiger partial charge in [0, 0.05) is 6.61 Å². The zero-order chi connectivity index (χ0) is 10.8. The summed E-state index contributed by atoms with van der Waals surface area (Å²) in [4.78, 5) is 0. The van der Waals surface area contributed by atoms with Crippen molar-refractivity contribution in [1.29, 1.82) is 0 Å². The summed E-state index contributed by atoms with van der Waals surface area (Å²) in [6.07, 6.45) is 6.89. The van der Waals surface area contributed by atoms with Crippen LogP contribution in [0.1, 0.15) is 59.3 Å². The number of unbranched alkanes of at least 4 members (excludes halogenated alkanes) is 4. The Morgan fingerprint density at radius 2 is 1.71 bits per heavy atom. The smallest absolute Gasteiger partial charge is 0.0828 e. The monoisotopic (exact) mass is 202 g/mol. The van der Waals surface area contributed by atoms with E-state index in [1.807, 2.05) is 0 Å². The molecule has 0 aromatic rings. The maximum absolute atomic E-state index is 9.33. The molecule has 2 atom stereocenters. The van der Waals surface area contributed by atoms with E-state index < -0.39 is 0 Å². The second kappa shape index (κ2) is 9.47. The highest BCUT2D eigenvalue weighted by molar-refractivity contribution is 4.61. The fourth-order valence-corrected chi connectivity index (χ4v) is 1.54. The number of rotatable bonds is 9. The first-order chi connectivity index (χ1) is 6.72. The van der Waals surface area contributed by atoms with E-state index in [0.29, 0.717) is 0 Å². The third-order valence-electron chi connectivity index (χ3n) is 2.52. The molecule has 0 aliphatic heterocycles. The largest absolute Gasteiger partial charge is 0.391 e. The summed E-state index contributed by atoms with van der Waals surface area (Å²) in [6.45, 7) is 6.86. The van der Waals surface area contributed by atoms with Crippen molar-refractivity contribution in [3.05, 3.63) is 0 Å². The van der Waals surface area contributed by atoms with E-state index in [1.165, 1.54) is 25.7 Å². The molecule has 0 saturated carbocycles. The van der Waals surface area contributed by atoms with Gasteiger partial charge in [0.05, 0.1) is 12.2 Å². The molecule has 0 radical (unpaired) electrons. The molecule has 2 unspecified atom stereocenters. The van der Waals surface area contributed by atoms with Gasteiger partial charge in [0.1, 0.15) is 0 Å². The predicted molar refractivity (Wildman–Crippen MR) is 60.5 cm³/mol. The Labute approximate surface area is 88.7 Å². The molecule has 1 N–H and O–H groups in total. The maximum Gasteiger partial charge on any atom is 0.0828 e. The van der Waals surface area contributed by atoms with Crippen molar-refractivity contribution in [2.75, 3.05) is 6.61 Å². The Hall–Kier alpha value is -0.0800. The maximum atomic E-state index is 9.33. The van der Waals surface area contributed by atoms with Crippen LogP contribution in [0.25, 0.3) is 0 Å². The predicted octanol–water partition coefficient (Wildman–Crippen LogP) is 3.13. The van der Waals surface area contributed by atoms with Gasteiger partial charge in [-0.15, -0.1) is 0 Å². The highest BCUT2D eigenvalue weighted by Crippen LogP contribution is 2.07. The van der Waals surface area contributed by atoms with E-state index in [2.05, 4.69) is 13.8 Å². The van der Waals surface area contributed by atoms with Crippen LogP contribution in [0.4, 0.5) is 0 Å². The van der Waals surface area contributed by atoms with Crippen LogP contribution in [0.5, 0.6) is 0 Å². The summed E-state index contributed by atoms with van der Waals surface area (Å²) in [6, 6.07) is 0. The molecule has 14 heavy (non-hydrogen) atoms. The molecule has 0 heterocycles. The van der Waals surface area contributed by atoms with E-state index in [0.717, 1.165) is 19.4 Å². The van der Waals surface area contributed by atoms with Gasteiger partial charge in [0.2, 0.25) is 0 Å². The lowest BCUT2D eigenvalue weighted by Gasteiger charge is -2.18. The van der Waals surface area contributed by atoms with Gasteiger partial charge < -0.3 is 9.84 Å². The second-order valence-electron chi connectivity index (χ2n) is 3.97. The fraction of sp³-hybridized carbons (Fsp3) is 1.00. The normalized spacial score (nSPS) is 15.4. The highest BCUT2D eigenvalue weighted by Gasteiger charge is 2.11. The van der Waals surface area contributed by atoms with Crippen molar-refractivity contribution in [2.45, 2.75) is 71.5 Å². The minimum absolute atomic E-state index is 0.0289. The zero-order valence-corrected chi connectivity index (χ0v) is 9.96. The topological polar surface area (TPSA) is 29.5 Å². The van der Waals surface area contributed by atoms with Crippen LogP contribution in [0.15, 0.2) is 0 Å². The molecule has 0 fully saturated rings. The van der Waals surface area contributed by atoms with E-state index >= 15 is 0 Å². The molecule has 0 aliphatic rings. The van der Waals surface area contributed by atoms with Gasteiger partial charge in [-0.1, -0.05) is 39.5 Å². The van der Waals surface area contributed by atoms with Crippen LogP contribution < -0.4 is 0 Å². The molecule has 2 heteroatoms. The molecule has 0 aromatic heterocycles. The SMILES string of the molecule is CCCCCCCOC(CC)C(C)O. The third kappa shape index (κ3) is 7.34. The van der Waals surface area contributed by atoms with E-state index in [-0.39, 0.29) is 12.2 Å². The first kappa shape index (κ1) is 13.9. The number of aliphatic hydroxyl groups is 1. The van der Waals surface area contributed by atoms with E-state index in [4.69, 9.17) is 4.74 Å². The molecule has 0 rings (SSSR count). The molecule has 0 amide bonds. The number of hydrogen-bond donors (Lipinski definition) is 1. The van der Waals surface area contributed by atoms with Gasteiger partial charge in [0.25, 0.3) is 0 Å². The summed E-state index contributed by atoms with van der Waals surface area (Å²) in [7, 11) is 0. The number of hydrogen-bond acceptors (Lipinski definition) is 2. The molecular weight excluding hydrogens is 176 g/mol. The molecule has 86 valence electrons. The summed E-state index contributed by atoms with van der Waals surface area (Å²) in [5.41, 5.74) is 0. The number of ether oxygens (including phenoxy) is 1. The Bertz CT molecular complexity index is 113. The molecular formula is C12H26O2. The van der Waals surface area contributed by atoms with Gasteiger partial charge >= 0.3 is 0 Å². The van der Waals surface area contributed by atoms with Gasteiger partial charge in [-0.05, 0) is 19.8 Å². The van der Waals surface area contributed by atoms with Crippen LogP contribution in [0, 0.1) is 0 Å². The van der Waals surface area contributed by atoms with Gasteiger partial charge in [-0.3, -0.25) is 0 Å². The van der Waals surface area contributed by atoms with Crippen molar-refractivity contribution in [3.8, 4) is 0 Å². The van der Waals surface area contributed by atoms with Crippen molar-refractivity contribution < 1.29 is 9.84 Å². The first-order valence-electron chi connectivity index (χ1n) is 6.02. The molecule has 2 nitrogen and oxygen atoms in total. The fourth-order valence-electron chi connectivity index (χ4n) is 1.54. The summed E-state index contributed by atoms with van der Waals surface area (Å²) in [5.74, 6) is 0. The van der Waals surface area contributed by atoms with Gasteiger partial charge in [-0.2, -0.15) is 0 Å². The van der Waals surface area contributed by atoms with Crippen molar-refractivity contribution in [2.24, 2.45) is 0 Å². The highest BCUT2D eigenvalue weighted by atomic mass is 16.5. The Morgan fingerprint density at radius 3 is 2.21 bits per heavy atom. The van der Waals surface area contributed by atoms with Crippen LogP contribution in [0.2, 0.25) is 0 Å². The summed E-state index contributed by atoms with van der Waals surface area (Å²) in [5, 5.41) is 9.33. The van der Waals surface area contributed by atoms with Crippen LogP contribution >= 0.6 is 0 Å². The summed E-state index contributed by atoms with van der Waals surface area (Å²) < 4.78 is 5.58. The van der Waals surface area contributed by atoms with Crippen LogP contribution in [-0.4, -0.2) is 23.9 Å². The van der Waals surface area contributed by atoms with Gasteiger partial charge in [-0.25, -0.2) is 0 Å². The minimum atomic E-state index is -0.337. The standard InChI is InChI=1S/C12H26O2/c1-4-6-7-8-9-10-14-12(5-2)11(3)13/h11-13H,4-10H2,1-3H3. The van der Waals surface area contributed by atoms with Crippen LogP contribution in [-0.2, 0) is 4.74 Å². The van der Waals surface area contributed by atoms with E-state index in [1.54, 1.807) is 6.92 Å². The molecule has 0 aliphatic carbocycles. The average Bonchev–Trinajstić information content (AvgIpc) is 2.16. The van der Waals surface area contributed by atoms with E-state index in [9.17, 15) is 5.11 Å². The lowest BCUT2D eigenvalue weighted by molar-refractivity contribution is -0.0320. The Kier molecular flexibility index (Phi) is 9.42. The Morgan fingerprint density at radius 1 is 1.07 bits per heavy atom. The lowest BCUT2D eigenvalue weighted by atomic mass is 10.1. The molecule has 0 bridgehead atoms.